The summed E-state index contributed by atoms with van der Waals surface area (Å²) >= 11 is 0. The van der Waals surface area contributed by atoms with E-state index < -0.39 is 5.97 Å². The van der Waals surface area contributed by atoms with Crippen LogP contribution in [-0.4, -0.2) is 23.2 Å². The number of hydrogen-bond acceptors (Lipinski definition) is 3. The van der Waals surface area contributed by atoms with Gasteiger partial charge in [-0.2, -0.15) is 0 Å². The van der Waals surface area contributed by atoms with Crippen LogP contribution in [-0.2, 0) is 0 Å². The second-order valence-corrected chi connectivity index (χ2v) is 3.55. The number of hydrogen-bond donors (Lipinski definition) is 1. The Morgan fingerprint density at radius 1 is 1.38 bits per heavy atom. The Kier molecular flexibility index (Phi) is 2.48. The Hall–Kier alpha value is -2.10. The highest BCUT2D eigenvalue weighted by Gasteiger charge is 2.13. The monoisotopic (exact) mass is 217 g/mol. The van der Waals surface area contributed by atoms with E-state index in [1.165, 1.54) is 7.11 Å². The SMILES string of the molecule is COc1nc2cc(C)ccc2cc1C(=O)O. The molecule has 1 heterocycles. The van der Waals surface area contributed by atoms with Gasteiger partial charge in [0.05, 0.1) is 12.6 Å². The summed E-state index contributed by atoms with van der Waals surface area (Å²) in [6.07, 6.45) is 0. The van der Waals surface area contributed by atoms with Crippen molar-refractivity contribution < 1.29 is 14.6 Å². The maximum atomic E-state index is 11.0. The maximum Gasteiger partial charge on any atom is 0.341 e. The maximum absolute atomic E-state index is 11.0. The van der Waals surface area contributed by atoms with Crippen LogP contribution in [0.15, 0.2) is 24.3 Å². The molecule has 0 radical (unpaired) electrons. The third-order valence-corrected chi connectivity index (χ3v) is 2.36. The molecule has 4 nitrogen and oxygen atoms in total. The van der Waals surface area contributed by atoms with Gasteiger partial charge >= 0.3 is 5.97 Å². The first-order chi connectivity index (χ1) is 7.61. The van der Waals surface area contributed by atoms with Crippen LogP contribution in [0.3, 0.4) is 0 Å². The summed E-state index contributed by atoms with van der Waals surface area (Å²) < 4.78 is 4.96. The number of carboxylic acids is 1. The molecule has 82 valence electrons. The predicted octanol–water partition coefficient (Wildman–Crippen LogP) is 2.25. The number of fused-ring (bicyclic) bond motifs is 1. The summed E-state index contributed by atoms with van der Waals surface area (Å²) in [5.74, 6) is -0.891. The quantitative estimate of drug-likeness (QED) is 0.838. The van der Waals surface area contributed by atoms with Crippen molar-refractivity contribution in [1.82, 2.24) is 4.98 Å². The number of pyridine rings is 1. The second kappa shape index (κ2) is 3.81. The molecule has 0 amide bonds. The number of aromatic carboxylic acids is 1. The van der Waals surface area contributed by atoms with Crippen LogP contribution in [0.4, 0.5) is 0 Å². The van der Waals surface area contributed by atoms with Crippen molar-refractivity contribution in [3.8, 4) is 5.88 Å². The fraction of sp³-hybridized carbons (Fsp3) is 0.167. The van der Waals surface area contributed by atoms with Gasteiger partial charge in [0.25, 0.3) is 0 Å². The molecule has 0 saturated carbocycles. The summed E-state index contributed by atoms with van der Waals surface area (Å²) in [5, 5.41) is 9.79. The number of rotatable bonds is 2. The minimum Gasteiger partial charge on any atom is -0.480 e. The van der Waals surface area contributed by atoms with Gasteiger partial charge in [0.1, 0.15) is 5.56 Å². The molecule has 4 heteroatoms. The van der Waals surface area contributed by atoms with Crippen molar-refractivity contribution in [2.24, 2.45) is 0 Å². The van der Waals surface area contributed by atoms with Crippen LogP contribution in [0.2, 0.25) is 0 Å². The molecule has 0 unspecified atom stereocenters. The van der Waals surface area contributed by atoms with Crippen LogP contribution < -0.4 is 4.74 Å². The van der Waals surface area contributed by atoms with Crippen molar-refractivity contribution in [2.45, 2.75) is 6.92 Å². The minimum atomic E-state index is -1.04. The molecule has 0 atom stereocenters. The van der Waals surface area contributed by atoms with E-state index in [1.807, 2.05) is 25.1 Å². The average molecular weight is 217 g/mol. The predicted molar refractivity (Wildman–Crippen MR) is 60.0 cm³/mol. The van der Waals surface area contributed by atoms with Gasteiger partial charge < -0.3 is 9.84 Å². The number of benzene rings is 1. The van der Waals surface area contributed by atoms with E-state index in [1.54, 1.807) is 6.07 Å². The van der Waals surface area contributed by atoms with Gasteiger partial charge in [-0.25, -0.2) is 9.78 Å². The molecule has 0 aliphatic carbocycles. The number of carboxylic acid groups (broad SMARTS) is 1. The lowest BCUT2D eigenvalue weighted by molar-refractivity contribution is 0.0692. The molecule has 0 aliphatic rings. The van der Waals surface area contributed by atoms with Crippen LogP contribution in [0.5, 0.6) is 5.88 Å². The molecule has 1 aromatic carbocycles. The van der Waals surface area contributed by atoms with Gasteiger partial charge in [-0.1, -0.05) is 12.1 Å². The Morgan fingerprint density at radius 3 is 2.75 bits per heavy atom. The smallest absolute Gasteiger partial charge is 0.341 e. The zero-order chi connectivity index (χ0) is 11.7. The number of nitrogens with zero attached hydrogens (tertiary/aromatic N) is 1. The minimum absolute atomic E-state index is 0.0823. The van der Waals surface area contributed by atoms with Crippen molar-refractivity contribution in [3.05, 3.63) is 35.4 Å². The lowest BCUT2D eigenvalue weighted by Gasteiger charge is -2.06. The van der Waals surface area contributed by atoms with E-state index in [2.05, 4.69) is 4.98 Å². The molecule has 0 fully saturated rings. The molecule has 16 heavy (non-hydrogen) atoms. The molecule has 2 rings (SSSR count). The highest BCUT2D eigenvalue weighted by Crippen LogP contribution is 2.22. The van der Waals surface area contributed by atoms with Gasteiger partial charge in [0.2, 0.25) is 5.88 Å². The lowest BCUT2D eigenvalue weighted by atomic mass is 10.1. The topological polar surface area (TPSA) is 59.4 Å². The summed E-state index contributed by atoms with van der Waals surface area (Å²) in [7, 11) is 1.41. The highest BCUT2D eigenvalue weighted by molar-refractivity contribution is 5.95. The van der Waals surface area contributed by atoms with Crippen molar-refractivity contribution >= 4 is 16.9 Å². The second-order valence-electron chi connectivity index (χ2n) is 3.55. The standard InChI is InChI=1S/C12H11NO3/c1-7-3-4-8-6-9(12(14)15)11(16-2)13-10(8)5-7/h3-6H,1-2H3,(H,14,15). The zero-order valence-corrected chi connectivity index (χ0v) is 9.02. The first-order valence-corrected chi connectivity index (χ1v) is 4.80. The molecule has 0 bridgehead atoms. The fourth-order valence-corrected chi connectivity index (χ4v) is 1.57. The van der Waals surface area contributed by atoms with E-state index in [-0.39, 0.29) is 11.4 Å². The first-order valence-electron chi connectivity index (χ1n) is 4.80. The van der Waals surface area contributed by atoms with Crippen molar-refractivity contribution in [3.63, 3.8) is 0 Å². The van der Waals surface area contributed by atoms with Crippen LogP contribution >= 0.6 is 0 Å². The summed E-state index contributed by atoms with van der Waals surface area (Å²) in [6.45, 7) is 1.96. The van der Waals surface area contributed by atoms with Crippen LogP contribution in [0, 0.1) is 6.92 Å². The zero-order valence-electron chi connectivity index (χ0n) is 9.02. The van der Waals surface area contributed by atoms with Gasteiger partial charge in [-0.15, -0.1) is 0 Å². The molecular formula is C12H11NO3. The van der Waals surface area contributed by atoms with E-state index in [0.717, 1.165) is 16.5 Å². The van der Waals surface area contributed by atoms with Crippen LogP contribution in [0.25, 0.3) is 10.9 Å². The summed E-state index contributed by atoms with van der Waals surface area (Å²) in [5.41, 5.74) is 1.89. The van der Waals surface area contributed by atoms with E-state index >= 15 is 0 Å². The molecule has 0 saturated heterocycles. The Morgan fingerprint density at radius 2 is 2.12 bits per heavy atom. The van der Waals surface area contributed by atoms with Gasteiger partial charge in [0.15, 0.2) is 0 Å². The number of aryl methyl sites for hydroxylation is 1. The van der Waals surface area contributed by atoms with E-state index in [0.29, 0.717) is 0 Å². The Balaban J connectivity index is 2.75. The van der Waals surface area contributed by atoms with Gasteiger partial charge in [0, 0.05) is 5.39 Å². The molecule has 1 N–H and O–H groups in total. The highest BCUT2D eigenvalue weighted by atomic mass is 16.5. The van der Waals surface area contributed by atoms with Crippen LogP contribution in [0.1, 0.15) is 15.9 Å². The Bertz CT molecular complexity index is 563. The number of aromatic nitrogens is 1. The number of methoxy groups -OCH3 is 1. The average Bonchev–Trinajstić information content (AvgIpc) is 2.26. The van der Waals surface area contributed by atoms with Crippen molar-refractivity contribution in [2.75, 3.05) is 7.11 Å². The third-order valence-electron chi connectivity index (χ3n) is 2.36. The third kappa shape index (κ3) is 1.69. The Labute approximate surface area is 92.5 Å². The molecule has 0 spiro atoms. The fourth-order valence-electron chi connectivity index (χ4n) is 1.57. The summed E-state index contributed by atoms with van der Waals surface area (Å²) in [6, 6.07) is 7.23. The first kappa shape index (κ1) is 10.4. The van der Waals surface area contributed by atoms with Gasteiger partial charge in [-0.05, 0) is 24.6 Å². The molecular weight excluding hydrogens is 206 g/mol. The normalized spacial score (nSPS) is 10.4. The lowest BCUT2D eigenvalue weighted by Crippen LogP contribution is -2.02. The molecule has 2 aromatic rings. The van der Waals surface area contributed by atoms with E-state index in [4.69, 9.17) is 9.84 Å². The van der Waals surface area contributed by atoms with Crippen molar-refractivity contribution in [1.29, 1.82) is 0 Å². The molecule has 0 aliphatic heterocycles. The summed E-state index contributed by atoms with van der Waals surface area (Å²) in [4.78, 5) is 15.1. The largest absolute Gasteiger partial charge is 0.480 e. The van der Waals surface area contributed by atoms with Gasteiger partial charge in [-0.3, -0.25) is 0 Å². The number of ether oxygens (including phenoxy) is 1. The molecule has 1 aromatic heterocycles. The van der Waals surface area contributed by atoms with E-state index in [9.17, 15) is 4.79 Å². The number of carbonyl (C=O) groups is 1.